The highest BCUT2D eigenvalue weighted by Crippen LogP contribution is 2.27. The lowest BCUT2D eigenvalue weighted by molar-refractivity contribution is -0.141. The average Bonchev–Trinajstić information content (AvgIpc) is 3.15. The minimum Gasteiger partial charge on any atom is -0.493 e. The number of carbonyl (C=O) groups excluding carboxylic acids is 2. The Kier molecular flexibility index (Phi) is 4.61. The van der Waals surface area contributed by atoms with E-state index in [0.29, 0.717) is 46.0 Å². The van der Waals surface area contributed by atoms with E-state index in [4.69, 9.17) is 9.47 Å². The van der Waals surface area contributed by atoms with E-state index in [-0.39, 0.29) is 17.7 Å². The fraction of sp³-hybridized carbons (Fsp3) is 0.579. The maximum Gasteiger partial charge on any atom is 0.253 e. The van der Waals surface area contributed by atoms with Crippen LogP contribution in [0.2, 0.25) is 0 Å². The summed E-state index contributed by atoms with van der Waals surface area (Å²) >= 11 is 0. The summed E-state index contributed by atoms with van der Waals surface area (Å²) in [5.74, 6) is 1.22. The molecule has 0 atom stereocenters. The van der Waals surface area contributed by atoms with Crippen LogP contribution in [0.15, 0.2) is 18.2 Å². The van der Waals surface area contributed by atoms with Crippen molar-refractivity contribution in [2.24, 2.45) is 5.92 Å². The summed E-state index contributed by atoms with van der Waals surface area (Å²) in [6.07, 6.45) is 2.36. The molecule has 4 rings (SSSR count). The van der Waals surface area contributed by atoms with Gasteiger partial charge in [-0.25, -0.2) is 0 Å². The van der Waals surface area contributed by atoms with Crippen LogP contribution in [0, 0.1) is 5.92 Å². The van der Waals surface area contributed by atoms with Crippen LogP contribution < -0.4 is 4.74 Å². The van der Waals surface area contributed by atoms with Gasteiger partial charge in [0, 0.05) is 44.1 Å². The molecule has 3 heterocycles. The van der Waals surface area contributed by atoms with Gasteiger partial charge in [0.2, 0.25) is 5.91 Å². The van der Waals surface area contributed by atoms with Gasteiger partial charge in [0.1, 0.15) is 5.75 Å². The molecule has 2 amide bonds. The topological polar surface area (TPSA) is 59.1 Å². The van der Waals surface area contributed by atoms with E-state index in [0.717, 1.165) is 36.1 Å². The Balaban J connectivity index is 1.35. The van der Waals surface area contributed by atoms with Crippen molar-refractivity contribution in [1.29, 1.82) is 0 Å². The van der Waals surface area contributed by atoms with Gasteiger partial charge in [-0.3, -0.25) is 9.59 Å². The second kappa shape index (κ2) is 7.04. The summed E-state index contributed by atoms with van der Waals surface area (Å²) in [6.45, 7) is 4.63. The second-order valence-corrected chi connectivity index (χ2v) is 6.93. The Bertz CT molecular complexity index is 661. The van der Waals surface area contributed by atoms with Crippen molar-refractivity contribution in [2.75, 3.05) is 46.0 Å². The Hall–Kier alpha value is -2.08. The van der Waals surface area contributed by atoms with Gasteiger partial charge in [0.25, 0.3) is 5.91 Å². The number of ether oxygens (including phenoxy) is 2. The van der Waals surface area contributed by atoms with Gasteiger partial charge in [-0.15, -0.1) is 0 Å². The first kappa shape index (κ1) is 16.4. The van der Waals surface area contributed by atoms with Crippen molar-refractivity contribution < 1.29 is 19.1 Å². The third-order valence-corrected chi connectivity index (χ3v) is 5.39. The first-order valence-corrected chi connectivity index (χ1v) is 9.14. The van der Waals surface area contributed by atoms with Crippen molar-refractivity contribution in [2.45, 2.75) is 19.3 Å². The number of carbonyl (C=O) groups is 2. The zero-order valence-corrected chi connectivity index (χ0v) is 14.4. The molecule has 3 aliphatic heterocycles. The third-order valence-electron chi connectivity index (χ3n) is 5.39. The number of fused-ring (bicyclic) bond motifs is 1. The minimum atomic E-state index is 0.0376. The van der Waals surface area contributed by atoms with Crippen LogP contribution in [0.3, 0.4) is 0 Å². The molecule has 0 saturated carbocycles. The number of rotatable bonds is 2. The quantitative estimate of drug-likeness (QED) is 0.812. The minimum absolute atomic E-state index is 0.0376. The van der Waals surface area contributed by atoms with Crippen molar-refractivity contribution >= 4 is 11.8 Å². The first-order valence-electron chi connectivity index (χ1n) is 9.14. The summed E-state index contributed by atoms with van der Waals surface area (Å²) in [4.78, 5) is 29.1. The van der Waals surface area contributed by atoms with E-state index < -0.39 is 0 Å². The van der Waals surface area contributed by atoms with Gasteiger partial charge in [0.15, 0.2) is 0 Å². The highest BCUT2D eigenvalue weighted by Gasteiger charge is 2.31. The zero-order valence-electron chi connectivity index (χ0n) is 14.4. The molecule has 6 heteroatoms. The molecular weight excluding hydrogens is 320 g/mol. The number of likely N-dealkylation sites (tertiary alicyclic amines) is 1. The molecule has 1 aromatic carbocycles. The van der Waals surface area contributed by atoms with Gasteiger partial charge in [0.05, 0.1) is 19.8 Å². The lowest BCUT2D eigenvalue weighted by Crippen LogP contribution is -2.47. The summed E-state index contributed by atoms with van der Waals surface area (Å²) in [5, 5.41) is 0. The highest BCUT2D eigenvalue weighted by atomic mass is 16.5. The number of nitrogens with zero attached hydrogens (tertiary/aromatic N) is 2. The van der Waals surface area contributed by atoms with Crippen molar-refractivity contribution in [3.8, 4) is 5.75 Å². The SMILES string of the molecule is O=C(c1ccc2c(c1)CCO2)N1CCC(C(=O)N2CCOCC2)CC1. The molecule has 0 aliphatic carbocycles. The fourth-order valence-electron chi connectivity index (χ4n) is 3.87. The van der Waals surface area contributed by atoms with E-state index in [2.05, 4.69) is 0 Å². The molecular formula is C19H24N2O4. The largest absolute Gasteiger partial charge is 0.493 e. The molecule has 3 aliphatic rings. The summed E-state index contributed by atoms with van der Waals surface area (Å²) in [5.41, 5.74) is 1.84. The normalized spacial score (nSPS) is 21.0. The molecule has 0 unspecified atom stereocenters. The molecule has 0 aromatic heterocycles. The van der Waals surface area contributed by atoms with Crippen LogP contribution >= 0.6 is 0 Å². The highest BCUT2D eigenvalue weighted by molar-refractivity contribution is 5.95. The monoisotopic (exact) mass is 344 g/mol. The fourth-order valence-corrected chi connectivity index (χ4v) is 3.87. The van der Waals surface area contributed by atoms with Gasteiger partial charge in [-0.1, -0.05) is 0 Å². The molecule has 0 radical (unpaired) electrons. The standard InChI is InChI=1S/C19H24N2O4/c22-18(21-8-11-24-12-9-21)14-3-6-20(7-4-14)19(23)16-1-2-17-15(13-16)5-10-25-17/h1-2,13-14H,3-12H2. The second-order valence-electron chi connectivity index (χ2n) is 6.93. The predicted molar refractivity (Wildman–Crippen MR) is 91.7 cm³/mol. The van der Waals surface area contributed by atoms with Crippen molar-refractivity contribution in [3.63, 3.8) is 0 Å². The van der Waals surface area contributed by atoms with Crippen LogP contribution in [0.5, 0.6) is 5.75 Å². The van der Waals surface area contributed by atoms with Crippen LogP contribution in [-0.2, 0) is 16.0 Å². The summed E-state index contributed by atoms with van der Waals surface area (Å²) < 4.78 is 10.8. The Labute approximate surface area is 147 Å². The number of amides is 2. The number of morpholine rings is 1. The van der Waals surface area contributed by atoms with Crippen LogP contribution in [0.4, 0.5) is 0 Å². The molecule has 2 fully saturated rings. The molecule has 6 nitrogen and oxygen atoms in total. The van der Waals surface area contributed by atoms with Crippen LogP contribution in [0.1, 0.15) is 28.8 Å². The van der Waals surface area contributed by atoms with E-state index in [1.165, 1.54) is 0 Å². The number of piperidine rings is 1. The van der Waals surface area contributed by atoms with Gasteiger partial charge < -0.3 is 19.3 Å². The number of hydrogen-bond donors (Lipinski definition) is 0. The van der Waals surface area contributed by atoms with Gasteiger partial charge in [-0.2, -0.15) is 0 Å². The van der Waals surface area contributed by atoms with E-state index >= 15 is 0 Å². The van der Waals surface area contributed by atoms with Gasteiger partial charge in [-0.05, 0) is 36.6 Å². The molecule has 0 spiro atoms. The molecule has 25 heavy (non-hydrogen) atoms. The average molecular weight is 344 g/mol. The molecule has 134 valence electrons. The smallest absolute Gasteiger partial charge is 0.253 e. The summed E-state index contributed by atoms with van der Waals surface area (Å²) in [6, 6.07) is 5.69. The predicted octanol–water partition coefficient (Wildman–Crippen LogP) is 1.33. The maximum atomic E-state index is 12.8. The zero-order chi connectivity index (χ0) is 17.2. The lowest BCUT2D eigenvalue weighted by atomic mass is 9.94. The van der Waals surface area contributed by atoms with E-state index in [9.17, 15) is 9.59 Å². The summed E-state index contributed by atoms with van der Waals surface area (Å²) in [7, 11) is 0. The number of benzene rings is 1. The van der Waals surface area contributed by atoms with Gasteiger partial charge >= 0.3 is 0 Å². The Morgan fingerprint density at radius 1 is 0.960 bits per heavy atom. The van der Waals surface area contributed by atoms with Crippen LogP contribution in [0.25, 0.3) is 0 Å². The molecule has 1 aromatic rings. The lowest BCUT2D eigenvalue weighted by Gasteiger charge is -2.35. The molecule has 0 N–H and O–H groups in total. The van der Waals surface area contributed by atoms with E-state index in [1.807, 2.05) is 28.0 Å². The molecule has 0 bridgehead atoms. The third kappa shape index (κ3) is 3.35. The maximum absolute atomic E-state index is 12.8. The van der Waals surface area contributed by atoms with Crippen molar-refractivity contribution in [3.05, 3.63) is 29.3 Å². The van der Waals surface area contributed by atoms with E-state index in [1.54, 1.807) is 0 Å². The van der Waals surface area contributed by atoms with Crippen molar-refractivity contribution in [1.82, 2.24) is 9.80 Å². The number of hydrogen-bond acceptors (Lipinski definition) is 4. The first-order chi connectivity index (χ1) is 12.2. The Morgan fingerprint density at radius 2 is 1.72 bits per heavy atom. The molecule has 2 saturated heterocycles. The Morgan fingerprint density at radius 3 is 2.48 bits per heavy atom. The van der Waals surface area contributed by atoms with Crippen LogP contribution in [-0.4, -0.2) is 67.6 Å².